The van der Waals surface area contributed by atoms with Crippen molar-refractivity contribution in [1.82, 2.24) is 0 Å². The third kappa shape index (κ3) is 2.47. The van der Waals surface area contributed by atoms with Gasteiger partial charge < -0.3 is 4.90 Å². The molecule has 5 heteroatoms. The zero-order valence-corrected chi connectivity index (χ0v) is 12.4. The lowest BCUT2D eigenvalue weighted by molar-refractivity contribution is -0.117. The molecule has 0 bridgehead atoms. The van der Waals surface area contributed by atoms with E-state index < -0.39 is 0 Å². The summed E-state index contributed by atoms with van der Waals surface area (Å²) in [5.74, 6) is 0.883. The third-order valence-corrected chi connectivity index (χ3v) is 4.84. The highest BCUT2D eigenvalue weighted by Crippen LogP contribution is 2.35. The number of amides is 1. The molecule has 1 atom stereocenters. The Bertz CT molecular complexity index is 464. The van der Waals surface area contributed by atoms with E-state index in [4.69, 9.17) is 23.2 Å². The van der Waals surface area contributed by atoms with Crippen molar-refractivity contribution in [3.8, 4) is 0 Å². The van der Waals surface area contributed by atoms with Crippen molar-refractivity contribution in [2.75, 3.05) is 17.3 Å². The quantitative estimate of drug-likeness (QED) is 0.747. The van der Waals surface area contributed by atoms with E-state index >= 15 is 0 Å². The van der Waals surface area contributed by atoms with E-state index in [1.807, 2.05) is 19.1 Å². The summed E-state index contributed by atoms with van der Waals surface area (Å²) < 4.78 is 0.848. The molecule has 0 spiro atoms. The molecule has 1 heterocycles. The minimum Gasteiger partial charge on any atom is -0.312 e. The average molecular weight is 337 g/mol. The van der Waals surface area contributed by atoms with Gasteiger partial charge in [-0.25, -0.2) is 0 Å². The Morgan fingerprint density at radius 2 is 2.24 bits per heavy atom. The highest BCUT2D eigenvalue weighted by atomic mass is 79.9. The van der Waals surface area contributed by atoms with Crippen LogP contribution >= 0.6 is 39.1 Å². The molecule has 1 aliphatic heterocycles. The molecule has 1 amide bonds. The lowest BCUT2D eigenvalue weighted by atomic mass is 10.1. The van der Waals surface area contributed by atoms with Crippen molar-refractivity contribution in [3.05, 3.63) is 27.2 Å². The van der Waals surface area contributed by atoms with E-state index in [0.717, 1.165) is 15.7 Å². The summed E-state index contributed by atoms with van der Waals surface area (Å²) in [6, 6.07) is 3.78. The number of nitrogens with zero attached hydrogens (tertiary/aromatic N) is 1. The number of carbonyl (C=O) groups excluding carboxylic acids is 1. The molecule has 0 aromatic heterocycles. The van der Waals surface area contributed by atoms with Crippen LogP contribution in [0.5, 0.6) is 0 Å². The van der Waals surface area contributed by atoms with Crippen LogP contribution in [0.2, 0.25) is 5.02 Å². The Kier molecular flexibility index (Phi) is 4.01. The molecular weight excluding hydrogens is 325 g/mol. The van der Waals surface area contributed by atoms with Gasteiger partial charge in [0, 0.05) is 29.0 Å². The minimum absolute atomic E-state index is 0.122. The SMILES string of the molecule is Cc1c(N2CC(CCl)CC2=O)ccc(Br)c1Cl. The Morgan fingerprint density at radius 1 is 1.53 bits per heavy atom. The maximum atomic E-state index is 11.9. The van der Waals surface area contributed by atoms with Crippen molar-refractivity contribution >= 4 is 50.7 Å². The molecule has 0 aliphatic carbocycles. The number of anilines is 1. The van der Waals surface area contributed by atoms with Gasteiger partial charge in [0.2, 0.25) is 5.91 Å². The summed E-state index contributed by atoms with van der Waals surface area (Å²) in [7, 11) is 0. The Hall–Kier alpha value is -0.250. The lowest BCUT2D eigenvalue weighted by Gasteiger charge is -2.20. The fourth-order valence-corrected chi connectivity index (χ4v) is 2.85. The van der Waals surface area contributed by atoms with Crippen LogP contribution in [-0.4, -0.2) is 18.3 Å². The second-order valence-corrected chi connectivity index (χ2v) is 5.78. The smallest absolute Gasteiger partial charge is 0.227 e. The van der Waals surface area contributed by atoms with Gasteiger partial charge in [0.05, 0.1) is 5.02 Å². The van der Waals surface area contributed by atoms with Crippen LogP contribution in [0.1, 0.15) is 12.0 Å². The Balaban J connectivity index is 2.35. The molecule has 92 valence electrons. The highest BCUT2D eigenvalue weighted by molar-refractivity contribution is 9.10. The van der Waals surface area contributed by atoms with Crippen LogP contribution in [0, 0.1) is 12.8 Å². The number of carbonyl (C=O) groups is 1. The zero-order valence-electron chi connectivity index (χ0n) is 9.34. The fourth-order valence-electron chi connectivity index (χ4n) is 2.05. The van der Waals surface area contributed by atoms with Crippen molar-refractivity contribution in [2.24, 2.45) is 5.92 Å². The first-order valence-electron chi connectivity index (χ1n) is 5.35. The first-order chi connectivity index (χ1) is 8.04. The number of rotatable bonds is 2. The van der Waals surface area contributed by atoms with Gasteiger partial charge in [-0.2, -0.15) is 0 Å². The number of hydrogen-bond acceptors (Lipinski definition) is 1. The van der Waals surface area contributed by atoms with Gasteiger partial charge in [-0.05, 0) is 46.5 Å². The van der Waals surface area contributed by atoms with E-state index in [2.05, 4.69) is 15.9 Å². The molecule has 1 aliphatic rings. The standard InChI is InChI=1S/C12H12BrCl2NO/c1-7-10(3-2-9(13)12(7)15)16-6-8(5-14)4-11(16)17/h2-3,8H,4-6H2,1H3. The zero-order chi connectivity index (χ0) is 12.6. The van der Waals surface area contributed by atoms with Crippen molar-refractivity contribution in [2.45, 2.75) is 13.3 Å². The lowest BCUT2D eigenvalue weighted by Crippen LogP contribution is -2.25. The number of alkyl halides is 1. The fraction of sp³-hybridized carbons (Fsp3) is 0.417. The van der Waals surface area contributed by atoms with E-state index in [0.29, 0.717) is 23.9 Å². The van der Waals surface area contributed by atoms with Crippen LogP contribution in [-0.2, 0) is 4.79 Å². The number of halogens is 3. The van der Waals surface area contributed by atoms with Gasteiger partial charge >= 0.3 is 0 Å². The predicted molar refractivity (Wildman–Crippen MR) is 75.1 cm³/mol. The van der Waals surface area contributed by atoms with E-state index in [-0.39, 0.29) is 11.8 Å². The summed E-state index contributed by atoms with van der Waals surface area (Å²) in [5, 5.41) is 0.657. The van der Waals surface area contributed by atoms with Crippen LogP contribution in [0.4, 0.5) is 5.69 Å². The summed E-state index contributed by atoms with van der Waals surface area (Å²) in [5.41, 5.74) is 1.81. The maximum absolute atomic E-state index is 11.9. The first-order valence-corrected chi connectivity index (χ1v) is 7.06. The molecule has 0 N–H and O–H groups in total. The largest absolute Gasteiger partial charge is 0.312 e. The van der Waals surface area contributed by atoms with Gasteiger partial charge in [-0.15, -0.1) is 11.6 Å². The van der Waals surface area contributed by atoms with Crippen LogP contribution < -0.4 is 4.90 Å². The Labute approximate surface area is 119 Å². The molecule has 1 aromatic carbocycles. The van der Waals surface area contributed by atoms with E-state index in [1.54, 1.807) is 4.90 Å². The second-order valence-electron chi connectivity index (χ2n) is 4.23. The van der Waals surface area contributed by atoms with Gasteiger partial charge in [0.15, 0.2) is 0 Å². The summed E-state index contributed by atoms with van der Waals surface area (Å²) in [6.07, 6.45) is 0.524. The number of hydrogen-bond donors (Lipinski definition) is 0. The predicted octanol–water partition coefficient (Wildman–Crippen LogP) is 4.00. The third-order valence-electron chi connectivity index (χ3n) is 3.02. The van der Waals surface area contributed by atoms with Crippen molar-refractivity contribution < 1.29 is 4.79 Å². The van der Waals surface area contributed by atoms with Crippen LogP contribution in [0.25, 0.3) is 0 Å². The first kappa shape index (κ1) is 13.2. The highest BCUT2D eigenvalue weighted by Gasteiger charge is 2.31. The van der Waals surface area contributed by atoms with Gasteiger partial charge in [0.1, 0.15) is 0 Å². The monoisotopic (exact) mass is 335 g/mol. The van der Waals surface area contributed by atoms with Gasteiger partial charge in [-0.3, -0.25) is 4.79 Å². The van der Waals surface area contributed by atoms with Crippen LogP contribution in [0.3, 0.4) is 0 Å². The molecule has 0 saturated carbocycles. The van der Waals surface area contributed by atoms with Crippen LogP contribution in [0.15, 0.2) is 16.6 Å². The van der Waals surface area contributed by atoms with Gasteiger partial charge in [-0.1, -0.05) is 11.6 Å². The molecule has 1 saturated heterocycles. The molecule has 2 rings (SSSR count). The molecule has 1 fully saturated rings. The van der Waals surface area contributed by atoms with E-state index in [9.17, 15) is 4.79 Å². The molecule has 2 nitrogen and oxygen atoms in total. The average Bonchev–Trinajstić information content (AvgIpc) is 2.68. The molecule has 1 unspecified atom stereocenters. The summed E-state index contributed by atoms with van der Waals surface area (Å²) in [4.78, 5) is 13.7. The Morgan fingerprint density at radius 3 is 2.82 bits per heavy atom. The minimum atomic E-state index is 0.122. The van der Waals surface area contributed by atoms with E-state index in [1.165, 1.54) is 0 Å². The molecule has 0 radical (unpaired) electrons. The summed E-state index contributed by atoms with van der Waals surface area (Å²) in [6.45, 7) is 2.60. The molecule has 17 heavy (non-hydrogen) atoms. The molecule has 1 aromatic rings. The normalized spacial score (nSPS) is 20.1. The van der Waals surface area contributed by atoms with Crippen molar-refractivity contribution in [3.63, 3.8) is 0 Å². The van der Waals surface area contributed by atoms with Crippen molar-refractivity contribution in [1.29, 1.82) is 0 Å². The topological polar surface area (TPSA) is 20.3 Å². The second kappa shape index (κ2) is 5.17. The van der Waals surface area contributed by atoms with Gasteiger partial charge in [0.25, 0.3) is 0 Å². The number of benzene rings is 1. The maximum Gasteiger partial charge on any atom is 0.227 e. The molecular formula is C12H12BrCl2NO. The summed E-state index contributed by atoms with van der Waals surface area (Å²) >= 11 is 15.4.